The summed E-state index contributed by atoms with van der Waals surface area (Å²) in [5.41, 5.74) is 14.4. The zero-order valence-electron chi connectivity index (χ0n) is 27.9. The van der Waals surface area contributed by atoms with Gasteiger partial charge in [-0.25, -0.2) is 19.0 Å². The van der Waals surface area contributed by atoms with Crippen LogP contribution in [0.1, 0.15) is 62.3 Å². The summed E-state index contributed by atoms with van der Waals surface area (Å²) in [5, 5.41) is 10.0. The number of unbranched alkanes of at least 4 members (excludes halogenated alkanes) is 1. The van der Waals surface area contributed by atoms with Gasteiger partial charge in [-0.3, -0.25) is 9.48 Å². The van der Waals surface area contributed by atoms with Crippen LogP contribution in [-0.4, -0.2) is 57.3 Å². The average molecular weight is 742 g/mol. The van der Waals surface area contributed by atoms with Crippen molar-refractivity contribution in [2.45, 2.75) is 57.8 Å². The summed E-state index contributed by atoms with van der Waals surface area (Å²) in [6.07, 6.45) is 7.12. The lowest BCUT2D eigenvalue weighted by molar-refractivity contribution is -0.116. The van der Waals surface area contributed by atoms with Crippen molar-refractivity contribution >= 4 is 52.7 Å². The van der Waals surface area contributed by atoms with Crippen LogP contribution in [0.15, 0.2) is 61.1 Å². The van der Waals surface area contributed by atoms with Gasteiger partial charge in [-0.2, -0.15) is 5.10 Å². The smallest absolute Gasteiger partial charge is 0.410 e. The Bertz CT molecular complexity index is 1850. The maximum absolute atomic E-state index is 14.1. The summed E-state index contributed by atoms with van der Waals surface area (Å²) < 4.78 is 27.6. The summed E-state index contributed by atoms with van der Waals surface area (Å²) in [6.45, 7) is 3.24. The van der Waals surface area contributed by atoms with Gasteiger partial charge in [0.05, 0.1) is 17.3 Å². The number of hydrogen-bond acceptors (Lipinski definition) is 8. The van der Waals surface area contributed by atoms with Crippen LogP contribution in [0, 0.1) is 5.82 Å². The number of nitrogen functional groups attached to an aromatic ring is 1. The molecule has 51 heavy (non-hydrogen) atoms. The molecule has 2 aromatic heterocycles. The number of ether oxygens (including phenoxy) is 2. The molecule has 1 aliphatic rings. The third kappa shape index (κ3) is 10.0. The number of rotatable bonds is 13. The number of nitrogens with zero attached hydrogens (tertiary/aromatic N) is 4. The molecule has 270 valence electrons. The average Bonchev–Trinajstić information content (AvgIpc) is 3.61. The third-order valence-corrected chi connectivity index (χ3v) is 9.15. The number of aromatic nitrogens is 3. The molecular formula is C35H39Cl2FN8O5. The molecule has 0 radical (unpaired) electrons. The Morgan fingerprint density at radius 2 is 1.80 bits per heavy atom. The lowest BCUT2D eigenvalue weighted by Gasteiger charge is -2.31. The number of nitrogens with one attached hydrogen (secondary N) is 2. The quantitative estimate of drug-likeness (QED) is 0.0847. The minimum absolute atomic E-state index is 0.0760. The van der Waals surface area contributed by atoms with Gasteiger partial charge in [-0.05, 0) is 68.5 Å². The second-order valence-electron chi connectivity index (χ2n) is 12.1. The lowest BCUT2D eigenvalue weighted by Crippen LogP contribution is -2.39. The molecule has 4 aromatic rings. The van der Waals surface area contributed by atoms with Crippen molar-refractivity contribution in [3.63, 3.8) is 0 Å². The van der Waals surface area contributed by atoms with Gasteiger partial charge in [-0.1, -0.05) is 35.3 Å². The minimum atomic E-state index is -0.707. The van der Waals surface area contributed by atoms with Crippen molar-refractivity contribution in [3.8, 4) is 16.9 Å². The van der Waals surface area contributed by atoms with E-state index in [9.17, 15) is 18.8 Å². The molecule has 0 aliphatic carbocycles. The highest BCUT2D eigenvalue weighted by Crippen LogP contribution is 2.37. The van der Waals surface area contributed by atoms with E-state index in [1.807, 2.05) is 10.9 Å². The van der Waals surface area contributed by atoms with Crippen molar-refractivity contribution in [1.82, 2.24) is 25.0 Å². The molecule has 2 aromatic carbocycles. The monoisotopic (exact) mass is 740 g/mol. The highest BCUT2D eigenvalue weighted by molar-refractivity contribution is 6.36. The fraction of sp³-hybridized carbons (Fsp3) is 0.343. The van der Waals surface area contributed by atoms with Gasteiger partial charge in [-0.15, -0.1) is 0 Å². The number of urea groups is 1. The predicted molar refractivity (Wildman–Crippen MR) is 192 cm³/mol. The fourth-order valence-electron chi connectivity index (χ4n) is 5.64. The molecule has 16 heteroatoms. The van der Waals surface area contributed by atoms with Crippen LogP contribution in [0.25, 0.3) is 11.1 Å². The number of halogens is 3. The first kappa shape index (κ1) is 37.2. The van der Waals surface area contributed by atoms with Crippen LogP contribution >= 0.6 is 23.2 Å². The van der Waals surface area contributed by atoms with E-state index >= 15 is 0 Å². The summed E-state index contributed by atoms with van der Waals surface area (Å²) in [4.78, 5) is 41.6. The molecule has 3 heterocycles. The molecule has 0 spiro atoms. The van der Waals surface area contributed by atoms with Crippen molar-refractivity contribution in [2.75, 3.05) is 30.7 Å². The number of primary amides is 1. The largest absolute Gasteiger partial charge is 0.482 e. The number of benzene rings is 2. The van der Waals surface area contributed by atoms with Crippen molar-refractivity contribution in [2.24, 2.45) is 5.73 Å². The van der Waals surface area contributed by atoms with Crippen LogP contribution in [0.3, 0.4) is 0 Å². The molecular weight excluding hydrogens is 702 g/mol. The second kappa shape index (κ2) is 17.2. The van der Waals surface area contributed by atoms with E-state index in [2.05, 4.69) is 20.7 Å². The Labute approximate surface area is 304 Å². The predicted octanol–water partition coefficient (Wildman–Crippen LogP) is 6.86. The number of piperidine rings is 1. The number of nitrogens with two attached hydrogens (primary N) is 2. The second-order valence-corrected chi connectivity index (χ2v) is 12.9. The standard InChI is InChI=1S/C35H39Cl2FN8O5/c1-21(31-27(36)9-10-28(38)32(31)37)51-29-16-23(17-42-33(29)39)24-18-43-46(19-24)26-11-14-45(15-12-26)35(49)50-20-22-5-7-25(8-6-22)44-30(47)4-2-3-13-41-34(40)48/h5-10,16-19,21,26H,2-4,11-15,20H2,1H3,(H2,39,42)(H,44,47)(H3,40,41,48)/t21-/m1/s1. The molecule has 0 saturated carbocycles. The van der Waals surface area contributed by atoms with E-state index in [4.69, 9.17) is 44.1 Å². The van der Waals surface area contributed by atoms with Gasteiger partial charge in [0.15, 0.2) is 11.6 Å². The Morgan fingerprint density at radius 1 is 1.06 bits per heavy atom. The number of hydrogen-bond donors (Lipinski definition) is 4. The van der Waals surface area contributed by atoms with Crippen LogP contribution in [-0.2, 0) is 16.1 Å². The topological polar surface area (TPSA) is 180 Å². The van der Waals surface area contributed by atoms with Crippen LogP contribution in [0.2, 0.25) is 10.0 Å². The fourth-order valence-corrected chi connectivity index (χ4v) is 6.32. The Balaban J connectivity index is 1.08. The molecule has 1 saturated heterocycles. The van der Waals surface area contributed by atoms with Gasteiger partial charge >= 0.3 is 12.1 Å². The van der Waals surface area contributed by atoms with Crippen LogP contribution in [0.4, 0.5) is 25.5 Å². The van der Waals surface area contributed by atoms with Crippen LogP contribution < -0.4 is 26.8 Å². The number of carbonyl (C=O) groups excluding carboxylic acids is 3. The summed E-state index contributed by atoms with van der Waals surface area (Å²) in [5.74, 6) is -0.287. The zero-order valence-corrected chi connectivity index (χ0v) is 29.4. The first-order valence-corrected chi connectivity index (χ1v) is 17.2. The minimum Gasteiger partial charge on any atom is -0.482 e. The third-order valence-electron chi connectivity index (χ3n) is 8.43. The van der Waals surface area contributed by atoms with E-state index < -0.39 is 24.0 Å². The Morgan fingerprint density at radius 3 is 2.53 bits per heavy atom. The molecule has 1 fully saturated rings. The van der Waals surface area contributed by atoms with E-state index in [1.165, 1.54) is 12.1 Å². The first-order valence-electron chi connectivity index (χ1n) is 16.4. The van der Waals surface area contributed by atoms with Gasteiger partial charge in [0.2, 0.25) is 5.91 Å². The van der Waals surface area contributed by atoms with Gasteiger partial charge < -0.3 is 36.5 Å². The number of pyridine rings is 1. The van der Waals surface area contributed by atoms with Crippen molar-refractivity contribution in [3.05, 3.63) is 88.0 Å². The van der Waals surface area contributed by atoms with E-state index in [0.717, 1.165) is 16.7 Å². The molecule has 0 bridgehead atoms. The molecule has 0 unspecified atom stereocenters. The molecule has 1 atom stereocenters. The molecule has 4 amide bonds. The highest BCUT2D eigenvalue weighted by Gasteiger charge is 2.26. The van der Waals surface area contributed by atoms with E-state index in [0.29, 0.717) is 68.7 Å². The van der Waals surface area contributed by atoms with Crippen molar-refractivity contribution in [1.29, 1.82) is 0 Å². The number of amides is 4. The molecule has 13 nitrogen and oxygen atoms in total. The Hall–Kier alpha value is -5.08. The maximum Gasteiger partial charge on any atom is 0.410 e. The summed E-state index contributed by atoms with van der Waals surface area (Å²) in [7, 11) is 0. The summed E-state index contributed by atoms with van der Waals surface area (Å²) in [6, 6.07) is 10.9. The van der Waals surface area contributed by atoms with Gasteiger partial charge in [0.1, 0.15) is 18.5 Å². The highest BCUT2D eigenvalue weighted by atomic mass is 35.5. The first-order chi connectivity index (χ1) is 24.5. The number of likely N-dealkylation sites (tertiary alicyclic amines) is 1. The maximum atomic E-state index is 14.1. The molecule has 1 aliphatic heterocycles. The van der Waals surface area contributed by atoms with E-state index in [1.54, 1.807) is 54.5 Å². The number of anilines is 2. The van der Waals surface area contributed by atoms with Crippen molar-refractivity contribution < 1.29 is 28.2 Å². The molecule has 6 N–H and O–H groups in total. The summed E-state index contributed by atoms with van der Waals surface area (Å²) >= 11 is 12.4. The van der Waals surface area contributed by atoms with Gasteiger partial charge in [0, 0.05) is 65.8 Å². The van der Waals surface area contributed by atoms with Gasteiger partial charge in [0.25, 0.3) is 0 Å². The van der Waals surface area contributed by atoms with Crippen LogP contribution in [0.5, 0.6) is 5.75 Å². The normalized spacial score (nSPS) is 13.8. The molecule has 5 rings (SSSR count). The van der Waals surface area contributed by atoms with E-state index in [-0.39, 0.29) is 34.4 Å². The number of carbonyl (C=O) groups is 3. The Kier molecular flexibility index (Phi) is 12.6. The zero-order chi connectivity index (χ0) is 36.5. The SMILES string of the molecule is C[C@@H](Oc1cc(-c2cnn(C3CCN(C(=O)OCc4ccc(NC(=O)CCCCNC(N)=O)cc4)CC3)c2)cnc1N)c1c(Cl)ccc(F)c1Cl. The lowest BCUT2D eigenvalue weighted by atomic mass is 10.1.